The van der Waals surface area contributed by atoms with Crippen molar-refractivity contribution in [1.82, 2.24) is 4.98 Å². The van der Waals surface area contributed by atoms with Crippen LogP contribution in [0.2, 0.25) is 0 Å². The van der Waals surface area contributed by atoms with E-state index in [-0.39, 0.29) is 17.4 Å². The van der Waals surface area contributed by atoms with Crippen LogP contribution in [0.5, 0.6) is 0 Å². The average Bonchev–Trinajstić information content (AvgIpc) is 2.89. The van der Waals surface area contributed by atoms with Gasteiger partial charge in [-0.1, -0.05) is 0 Å². The van der Waals surface area contributed by atoms with Crippen molar-refractivity contribution in [2.24, 2.45) is 5.92 Å². The van der Waals surface area contributed by atoms with Gasteiger partial charge in [-0.05, 0) is 37.8 Å². The normalized spacial score (nSPS) is 24.2. The van der Waals surface area contributed by atoms with Crippen LogP contribution in [0.25, 0.3) is 0 Å². The van der Waals surface area contributed by atoms with Gasteiger partial charge in [0.25, 0.3) is 0 Å². The van der Waals surface area contributed by atoms with Gasteiger partial charge in [-0.25, -0.2) is 13.4 Å². The van der Waals surface area contributed by atoms with Crippen molar-refractivity contribution in [3.63, 3.8) is 0 Å². The van der Waals surface area contributed by atoms with E-state index in [9.17, 15) is 13.2 Å². The molecular formula is C15H21N3O3S. The molecule has 0 saturated carbocycles. The highest BCUT2D eigenvalue weighted by Gasteiger charge is 2.32. The molecule has 1 amide bonds. The molecule has 7 heteroatoms. The van der Waals surface area contributed by atoms with Crippen molar-refractivity contribution >= 4 is 27.2 Å². The summed E-state index contributed by atoms with van der Waals surface area (Å²) in [6.07, 6.45) is 5.71. The number of hydrogen-bond acceptors (Lipinski definition) is 5. The van der Waals surface area contributed by atoms with Crippen LogP contribution in [0, 0.1) is 5.92 Å². The Morgan fingerprint density at radius 3 is 2.59 bits per heavy atom. The molecule has 1 unspecified atom stereocenters. The maximum atomic E-state index is 12.1. The van der Waals surface area contributed by atoms with E-state index in [0.717, 1.165) is 18.9 Å². The van der Waals surface area contributed by atoms with Crippen LogP contribution in [0.4, 0.5) is 11.5 Å². The number of aromatic nitrogens is 1. The van der Waals surface area contributed by atoms with Crippen LogP contribution in [0.15, 0.2) is 18.3 Å². The molecule has 1 N–H and O–H groups in total. The molecule has 0 bridgehead atoms. The molecule has 1 atom stereocenters. The molecule has 0 aliphatic carbocycles. The Labute approximate surface area is 130 Å². The maximum absolute atomic E-state index is 12.1. The summed E-state index contributed by atoms with van der Waals surface area (Å²) < 4.78 is 22.8. The van der Waals surface area contributed by atoms with E-state index in [1.165, 1.54) is 19.3 Å². The second-order valence-corrected chi connectivity index (χ2v) is 8.27. The summed E-state index contributed by atoms with van der Waals surface area (Å²) in [4.78, 5) is 18.7. The number of anilines is 2. The van der Waals surface area contributed by atoms with Gasteiger partial charge in [0.05, 0.1) is 29.3 Å². The molecule has 2 fully saturated rings. The Morgan fingerprint density at radius 2 is 2.00 bits per heavy atom. The van der Waals surface area contributed by atoms with Crippen LogP contribution in [-0.2, 0) is 14.6 Å². The fourth-order valence-corrected chi connectivity index (χ4v) is 4.76. The Bertz CT molecular complexity index is 637. The highest BCUT2D eigenvalue weighted by Crippen LogP contribution is 2.22. The zero-order valence-corrected chi connectivity index (χ0v) is 13.3. The largest absolute Gasteiger partial charge is 0.357 e. The summed E-state index contributed by atoms with van der Waals surface area (Å²) >= 11 is 0. The van der Waals surface area contributed by atoms with E-state index in [4.69, 9.17) is 0 Å². The van der Waals surface area contributed by atoms with Gasteiger partial charge in [-0.2, -0.15) is 0 Å². The molecule has 0 spiro atoms. The number of sulfone groups is 1. The number of hydrogen-bond donors (Lipinski definition) is 1. The van der Waals surface area contributed by atoms with Gasteiger partial charge in [0.2, 0.25) is 5.91 Å². The number of nitrogens with one attached hydrogen (secondary N) is 1. The zero-order chi connectivity index (χ0) is 15.6. The lowest BCUT2D eigenvalue weighted by Gasteiger charge is -2.27. The monoisotopic (exact) mass is 323 g/mol. The van der Waals surface area contributed by atoms with Crippen molar-refractivity contribution in [3.05, 3.63) is 18.3 Å². The molecule has 1 aromatic heterocycles. The number of pyridine rings is 1. The van der Waals surface area contributed by atoms with Crippen molar-refractivity contribution in [3.8, 4) is 0 Å². The molecule has 1 aromatic rings. The molecule has 3 rings (SSSR count). The minimum Gasteiger partial charge on any atom is -0.357 e. The molecule has 0 radical (unpaired) electrons. The lowest BCUT2D eigenvalue weighted by atomic mass is 10.1. The Balaban J connectivity index is 1.60. The summed E-state index contributed by atoms with van der Waals surface area (Å²) in [5.74, 6) is 0.330. The molecule has 6 nitrogen and oxygen atoms in total. The Kier molecular flexibility index (Phi) is 4.33. The third-order valence-electron chi connectivity index (χ3n) is 4.30. The number of nitrogens with zero attached hydrogens (tertiary/aromatic N) is 2. The van der Waals surface area contributed by atoms with Crippen LogP contribution in [0.3, 0.4) is 0 Å². The van der Waals surface area contributed by atoms with E-state index in [1.807, 2.05) is 12.1 Å². The van der Waals surface area contributed by atoms with Gasteiger partial charge in [-0.15, -0.1) is 0 Å². The molecule has 0 aromatic carbocycles. The van der Waals surface area contributed by atoms with E-state index in [1.54, 1.807) is 6.20 Å². The molecule has 120 valence electrons. The maximum Gasteiger partial charge on any atom is 0.228 e. The fraction of sp³-hybridized carbons (Fsp3) is 0.600. The van der Waals surface area contributed by atoms with Crippen LogP contribution in [-0.4, -0.2) is 43.9 Å². The summed E-state index contributed by atoms with van der Waals surface area (Å²) in [5.41, 5.74) is 0.620. The Hall–Kier alpha value is -1.63. The molecule has 2 aliphatic rings. The third-order valence-corrected chi connectivity index (χ3v) is 6.07. The number of amides is 1. The lowest BCUT2D eigenvalue weighted by molar-refractivity contribution is -0.119. The van der Waals surface area contributed by atoms with E-state index >= 15 is 0 Å². The first-order valence-electron chi connectivity index (χ1n) is 7.76. The Morgan fingerprint density at radius 1 is 1.23 bits per heavy atom. The summed E-state index contributed by atoms with van der Waals surface area (Å²) in [5, 5.41) is 2.77. The van der Waals surface area contributed by atoms with Crippen molar-refractivity contribution in [2.75, 3.05) is 34.8 Å². The first-order chi connectivity index (χ1) is 10.5. The summed E-state index contributed by atoms with van der Waals surface area (Å²) in [6.45, 7) is 2.05. The van der Waals surface area contributed by atoms with Gasteiger partial charge in [0.1, 0.15) is 5.82 Å². The minimum atomic E-state index is -3.04. The second kappa shape index (κ2) is 6.24. The number of piperidine rings is 1. The molecule has 2 aliphatic heterocycles. The number of carbonyl (C=O) groups is 1. The molecule has 3 heterocycles. The van der Waals surface area contributed by atoms with Gasteiger partial charge in [-0.3, -0.25) is 4.79 Å². The summed E-state index contributed by atoms with van der Waals surface area (Å²) in [6, 6.07) is 3.74. The summed E-state index contributed by atoms with van der Waals surface area (Å²) in [7, 11) is -3.04. The quantitative estimate of drug-likeness (QED) is 0.910. The van der Waals surface area contributed by atoms with Crippen molar-refractivity contribution < 1.29 is 13.2 Å². The molecule has 2 saturated heterocycles. The third kappa shape index (κ3) is 3.58. The standard InChI is InChI=1S/C15H21N3O3S/c19-15(12-6-9-22(20,21)11-12)17-13-4-5-14(16-10-13)18-7-2-1-3-8-18/h4-5,10,12H,1-3,6-9,11H2,(H,17,19). The van der Waals surface area contributed by atoms with Gasteiger partial charge >= 0.3 is 0 Å². The van der Waals surface area contributed by atoms with Gasteiger partial charge in [0.15, 0.2) is 9.84 Å². The molecular weight excluding hydrogens is 302 g/mol. The highest BCUT2D eigenvalue weighted by molar-refractivity contribution is 7.91. The van der Waals surface area contributed by atoms with E-state index in [0.29, 0.717) is 12.1 Å². The van der Waals surface area contributed by atoms with Crippen LogP contribution < -0.4 is 10.2 Å². The average molecular weight is 323 g/mol. The predicted octanol–water partition coefficient (Wildman–Crippen LogP) is 1.45. The van der Waals surface area contributed by atoms with Crippen molar-refractivity contribution in [2.45, 2.75) is 25.7 Å². The highest BCUT2D eigenvalue weighted by atomic mass is 32.2. The second-order valence-electron chi connectivity index (χ2n) is 6.04. The molecule has 22 heavy (non-hydrogen) atoms. The smallest absolute Gasteiger partial charge is 0.228 e. The van der Waals surface area contributed by atoms with Crippen LogP contribution in [0.1, 0.15) is 25.7 Å². The van der Waals surface area contributed by atoms with E-state index < -0.39 is 15.8 Å². The number of carbonyl (C=O) groups excluding carboxylic acids is 1. The fourth-order valence-electron chi connectivity index (χ4n) is 3.02. The topological polar surface area (TPSA) is 79.4 Å². The van der Waals surface area contributed by atoms with Crippen molar-refractivity contribution in [1.29, 1.82) is 0 Å². The first kappa shape index (κ1) is 15.3. The number of rotatable bonds is 3. The zero-order valence-electron chi connectivity index (χ0n) is 12.5. The van der Waals surface area contributed by atoms with Gasteiger partial charge < -0.3 is 10.2 Å². The van der Waals surface area contributed by atoms with Gasteiger partial charge in [0, 0.05) is 13.1 Å². The predicted molar refractivity (Wildman–Crippen MR) is 85.7 cm³/mol. The van der Waals surface area contributed by atoms with E-state index in [2.05, 4.69) is 15.2 Å². The SMILES string of the molecule is O=C(Nc1ccc(N2CCCCC2)nc1)C1CCS(=O)(=O)C1. The lowest BCUT2D eigenvalue weighted by Crippen LogP contribution is -2.30. The minimum absolute atomic E-state index is 0.0435. The van der Waals surface area contributed by atoms with Crippen LogP contribution >= 0.6 is 0 Å². The first-order valence-corrected chi connectivity index (χ1v) is 9.58.